The van der Waals surface area contributed by atoms with Crippen LogP contribution in [0.15, 0.2) is 68.9 Å². The maximum atomic E-state index is 12.0. The van der Waals surface area contributed by atoms with Crippen LogP contribution in [0.5, 0.6) is 0 Å². The molecular weight excluding hydrogens is 325 g/mol. The highest BCUT2D eigenvalue weighted by molar-refractivity contribution is 7.98. The molecule has 0 aliphatic heterocycles. The minimum Gasteiger partial charge on any atom is -0.288 e. The number of ketones is 1. The van der Waals surface area contributed by atoms with Crippen molar-refractivity contribution < 1.29 is 4.79 Å². The number of nitrogens with zero attached hydrogens (tertiary/aromatic N) is 1. The molecular formula is C16H9Cl2NOS. The summed E-state index contributed by atoms with van der Waals surface area (Å²) in [5.74, 6) is -0.164. The highest BCUT2D eigenvalue weighted by atomic mass is 35.5. The van der Waals surface area contributed by atoms with Gasteiger partial charge < -0.3 is 0 Å². The zero-order valence-electron chi connectivity index (χ0n) is 10.7. The number of rotatable bonds is 2. The van der Waals surface area contributed by atoms with Crippen molar-refractivity contribution in [3.63, 3.8) is 0 Å². The van der Waals surface area contributed by atoms with Crippen LogP contribution in [0, 0.1) is 0 Å². The normalized spacial score (nSPS) is 15.8. The van der Waals surface area contributed by atoms with Gasteiger partial charge in [-0.05, 0) is 30.3 Å². The number of carbonyl (C=O) groups excluding carboxylic acids is 1. The van der Waals surface area contributed by atoms with Gasteiger partial charge in [0.05, 0.1) is 10.7 Å². The second-order valence-electron chi connectivity index (χ2n) is 4.39. The number of hydrogen-bond acceptors (Lipinski definition) is 3. The smallest absolute Gasteiger partial charge is 0.205 e. The maximum absolute atomic E-state index is 12.0. The first kappa shape index (κ1) is 14.4. The molecule has 1 aliphatic carbocycles. The standard InChI is InChI=1S/C16H9Cl2NOS/c17-10-5-7-11(8-6-10)21-19-15-9-14(18)16(20)13-4-2-1-3-12(13)15/h1-9H. The summed E-state index contributed by atoms with van der Waals surface area (Å²) in [7, 11) is 0. The molecule has 104 valence electrons. The lowest BCUT2D eigenvalue weighted by molar-refractivity contribution is 0.104. The van der Waals surface area contributed by atoms with E-state index in [2.05, 4.69) is 4.40 Å². The Labute approximate surface area is 136 Å². The molecule has 0 radical (unpaired) electrons. The zero-order valence-corrected chi connectivity index (χ0v) is 13.0. The Morgan fingerprint density at radius 3 is 2.29 bits per heavy atom. The Morgan fingerprint density at radius 1 is 0.905 bits per heavy atom. The van der Waals surface area contributed by atoms with E-state index in [1.54, 1.807) is 12.1 Å². The molecule has 0 saturated carbocycles. The van der Waals surface area contributed by atoms with Crippen molar-refractivity contribution in [2.24, 2.45) is 4.40 Å². The largest absolute Gasteiger partial charge is 0.288 e. The Kier molecular flexibility index (Phi) is 4.15. The molecule has 0 bridgehead atoms. The number of carbonyl (C=O) groups is 1. The molecule has 2 nitrogen and oxygen atoms in total. The molecule has 0 spiro atoms. The molecule has 0 aromatic heterocycles. The number of allylic oxidation sites excluding steroid dienone is 2. The Balaban J connectivity index is 1.95. The molecule has 0 N–H and O–H groups in total. The van der Waals surface area contributed by atoms with Crippen molar-refractivity contribution in [3.8, 4) is 0 Å². The maximum Gasteiger partial charge on any atom is 0.205 e. The third-order valence-electron chi connectivity index (χ3n) is 2.99. The summed E-state index contributed by atoms with van der Waals surface area (Å²) in [4.78, 5) is 13.0. The number of Topliss-reactive ketones (excluding diaryl/α,β-unsaturated/α-hetero) is 1. The van der Waals surface area contributed by atoms with Crippen LogP contribution in [0.25, 0.3) is 0 Å². The Hall–Kier alpha value is -1.55. The summed E-state index contributed by atoms with van der Waals surface area (Å²) in [5.41, 5.74) is 2.07. The molecule has 0 fully saturated rings. The summed E-state index contributed by atoms with van der Waals surface area (Å²) < 4.78 is 4.49. The molecule has 0 saturated heterocycles. The summed E-state index contributed by atoms with van der Waals surface area (Å²) >= 11 is 13.2. The van der Waals surface area contributed by atoms with E-state index in [1.807, 2.05) is 42.5 Å². The van der Waals surface area contributed by atoms with Gasteiger partial charge >= 0.3 is 0 Å². The molecule has 0 amide bonds. The fourth-order valence-electron chi connectivity index (χ4n) is 1.97. The molecule has 0 atom stereocenters. The third-order valence-corrected chi connectivity index (χ3v) is 4.29. The van der Waals surface area contributed by atoms with Crippen LogP contribution in [0.3, 0.4) is 0 Å². The van der Waals surface area contributed by atoms with Crippen LogP contribution in [-0.4, -0.2) is 11.5 Å². The molecule has 3 rings (SSSR count). The summed E-state index contributed by atoms with van der Waals surface area (Å²) in [6.07, 6.45) is 1.61. The van der Waals surface area contributed by atoms with Gasteiger partial charge in [0.1, 0.15) is 0 Å². The molecule has 2 aromatic rings. The second kappa shape index (κ2) is 6.06. The Bertz CT molecular complexity index is 766. The first-order valence-electron chi connectivity index (χ1n) is 6.17. The van der Waals surface area contributed by atoms with Gasteiger partial charge in [-0.1, -0.05) is 47.5 Å². The van der Waals surface area contributed by atoms with Gasteiger partial charge in [0.2, 0.25) is 5.78 Å². The Morgan fingerprint density at radius 2 is 1.57 bits per heavy atom. The van der Waals surface area contributed by atoms with E-state index in [0.717, 1.165) is 10.5 Å². The van der Waals surface area contributed by atoms with E-state index >= 15 is 0 Å². The van der Waals surface area contributed by atoms with Crippen LogP contribution < -0.4 is 0 Å². The number of halogens is 2. The van der Waals surface area contributed by atoms with Gasteiger partial charge in [0, 0.05) is 33.0 Å². The van der Waals surface area contributed by atoms with Crippen LogP contribution in [0.2, 0.25) is 5.02 Å². The molecule has 5 heteroatoms. The predicted molar refractivity (Wildman–Crippen MR) is 88.6 cm³/mol. The van der Waals surface area contributed by atoms with E-state index in [9.17, 15) is 4.79 Å². The predicted octanol–water partition coefficient (Wildman–Crippen LogP) is 5.16. The molecule has 0 unspecified atom stereocenters. The molecule has 1 aliphatic rings. The molecule has 2 aromatic carbocycles. The minimum atomic E-state index is -0.164. The van der Waals surface area contributed by atoms with Gasteiger partial charge in [-0.2, -0.15) is 0 Å². The van der Waals surface area contributed by atoms with E-state index in [1.165, 1.54) is 11.9 Å². The average molecular weight is 334 g/mol. The fourth-order valence-corrected chi connectivity index (χ4v) is 2.91. The summed E-state index contributed by atoms with van der Waals surface area (Å²) in [5, 5.41) is 0.868. The van der Waals surface area contributed by atoms with Crippen LogP contribution in [-0.2, 0) is 0 Å². The van der Waals surface area contributed by atoms with Crippen molar-refractivity contribution >= 4 is 46.6 Å². The van der Waals surface area contributed by atoms with Gasteiger partial charge in [0.15, 0.2) is 0 Å². The summed E-state index contributed by atoms with van der Waals surface area (Å²) in [6, 6.07) is 14.7. The van der Waals surface area contributed by atoms with E-state index in [0.29, 0.717) is 16.3 Å². The first-order chi connectivity index (χ1) is 10.1. The third kappa shape index (κ3) is 3.05. The van der Waals surface area contributed by atoms with Crippen LogP contribution in [0.1, 0.15) is 15.9 Å². The van der Waals surface area contributed by atoms with E-state index in [-0.39, 0.29) is 10.8 Å². The molecule has 0 heterocycles. The number of fused-ring (bicyclic) bond motifs is 1. The zero-order chi connectivity index (χ0) is 14.8. The lowest BCUT2D eigenvalue weighted by Crippen LogP contribution is -2.14. The van der Waals surface area contributed by atoms with Gasteiger partial charge in [-0.3, -0.25) is 4.79 Å². The lowest BCUT2D eigenvalue weighted by Gasteiger charge is -2.13. The van der Waals surface area contributed by atoms with Crippen LogP contribution >= 0.6 is 35.1 Å². The quantitative estimate of drug-likeness (QED) is 0.710. The van der Waals surface area contributed by atoms with Crippen LogP contribution in [0.4, 0.5) is 0 Å². The summed E-state index contributed by atoms with van der Waals surface area (Å²) in [6.45, 7) is 0. The monoisotopic (exact) mass is 333 g/mol. The second-order valence-corrected chi connectivity index (χ2v) is 6.07. The number of benzene rings is 2. The SMILES string of the molecule is O=C1C(Cl)=CC(=NSc2ccc(Cl)cc2)c2ccccc21. The topological polar surface area (TPSA) is 29.4 Å². The van der Waals surface area contributed by atoms with Gasteiger partial charge in [0.25, 0.3) is 0 Å². The van der Waals surface area contributed by atoms with Gasteiger partial charge in [-0.25, -0.2) is 4.40 Å². The van der Waals surface area contributed by atoms with Crippen molar-refractivity contribution in [3.05, 3.63) is 75.8 Å². The highest BCUT2D eigenvalue weighted by Crippen LogP contribution is 2.27. The number of hydrogen-bond donors (Lipinski definition) is 0. The van der Waals surface area contributed by atoms with Crippen molar-refractivity contribution in [2.75, 3.05) is 0 Å². The van der Waals surface area contributed by atoms with Gasteiger partial charge in [-0.15, -0.1) is 0 Å². The van der Waals surface area contributed by atoms with Crippen molar-refractivity contribution in [1.82, 2.24) is 0 Å². The fraction of sp³-hybridized carbons (Fsp3) is 0. The lowest BCUT2D eigenvalue weighted by atomic mass is 9.94. The highest BCUT2D eigenvalue weighted by Gasteiger charge is 2.22. The molecule has 21 heavy (non-hydrogen) atoms. The average Bonchev–Trinajstić information content (AvgIpc) is 2.51. The van der Waals surface area contributed by atoms with E-state index < -0.39 is 0 Å². The van der Waals surface area contributed by atoms with Crippen molar-refractivity contribution in [1.29, 1.82) is 0 Å². The van der Waals surface area contributed by atoms with E-state index in [4.69, 9.17) is 23.2 Å². The van der Waals surface area contributed by atoms with Crippen molar-refractivity contribution in [2.45, 2.75) is 4.90 Å². The minimum absolute atomic E-state index is 0.164. The first-order valence-corrected chi connectivity index (χ1v) is 7.70.